The molecule has 2 aromatic carbocycles. The van der Waals surface area contributed by atoms with E-state index in [2.05, 4.69) is 14.7 Å². The number of halogens is 3. The third kappa shape index (κ3) is 4.17. The number of benzene rings is 2. The lowest BCUT2D eigenvalue weighted by Crippen LogP contribution is -2.21. The second kappa shape index (κ2) is 6.88. The molecule has 138 valence electrons. The fraction of sp³-hybridized carbons (Fsp3) is 0.158. The zero-order valence-corrected chi connectivity index (χ0v) is 14.0. The molecule has 0 bridgehead atoms. The Morgan fingerprint density at radius 2 is 1.70 bits per heavy atom. The normalized spacial score (nSPS) is 13.9. The van der Waals surface area contributed by atoms with Gasteiger partial charge in [0.1, 0.15) is 11.6 Å². The maximum Gasteiger partial charge on any atom is 0.573 e. The molecule has 1 aliphatic rings. The molecular weight excluding hydrogens is 359 g/mol. The van der Waals surface area contributed by atoms with Crippen LogP contribution in [0.5, 0.6) is 11.5 Å². The van der Waals surface area contributed by atoms with Crippen LogP contribution in [0, 0.1) is 0 Å². The molecule has 27 heavy (non-hydrogen) atoms. The number of hydrogen-bond donors (Lipinski definition) is 0. The van der Waals surface area contributed by atoms with Gasteiger partial charge in [0.05, 0.1) is 13.1 Å². The summed E-state index contributed by atoms with van der Waals surface area (Å²) in [4.78, 5) is 14.1. The lowest BCUT2D eigenvalue weighted by Gasteiger charge is -2.12. The highest BCUT2D eigenvalue weighted by atomic mass is 19.4. The van der Waals surface area contributed by atoms with Gasteiger partial charge in [0.2, 0.25) is 0 Å². The molecule has 0 atom stereocenters. The average Bonchev–Trinajstić information content (AvgIpc) is 3.03. The molecule has 0 fully saturated rings. The van der Waals surface area contributed by atoms with E-state index in [0.29, 0.717) is 18.9 Å². The van der Waals surface area contributed by atoms with Crippen molar-refractivity contribution in [2.24, 2.45) is 0 Å². The van der Waals surface area contributed by atoms with Gasteiger partial charge in [0, 0.05) is 18.0 Å². The number of hydrogen-bond acceptors (Lipinski definition) is 5. The van der Waals surface area contributed by atoms with Crippen LogP contribution in [-0.4, -0.2) is 21.4 Å². The monoisotopic (exact) mass is 373 g/mol. The highest BCUT2D eigenvalue weighted by molar-refractivity contribution is 5.66. The topological polar surface area (TPSA) is 47.5 Å². The third-order valence-electron chi connectivity index (χ3n) is 3.99. The molecule has 0 saturated heterocycles. The molecule has 8 heteroatoms. The Balaban J connectivity index is 1.48. The van der Waals surface area contributed by atoms with Crippen molar-refractivity contribution in [3.05, 3.63) is 72.3 Å². The molecule has 2 heterocycles. The van der Waals surface area contributed by atoms with E-state index >= 15 is 0 Å². The van der Waals surface area contributed by atoms with Crippen LogP contribution >= 0.6 is 0 Å². The van der Waals surface area contributed by atoms with Gasteiger partial charge < -0.3 is 9.57 Å². The lowest BCUT2D eigenvalue weighted by atomic mass is 10.0. The Labute approximate surface area is 153 Å². The van der Waals surface area contributed by atoms with E-state index in [0.717, 1.165) is 22.4 Å². The molecule has 5 nitrogen and oxygen atoms in total. The van der Waals surface area contributed by atoms with Crippen molar-refractivity contribution in [1.82, 2.24) is 15.0 Å². The summed E-state index contributed by atoms with van der Waals surface area (Å²) in [6, 6.07) is 13.2. The summed E-state index contributed by atoms with van der Waals surface area (Å²) in [7, 11) is 0. The Kier molecular flexibility index (Phi) is 4.41. The molecule has 3 aromatic rings. The standard InChI is InChI=1S/C19H14F3N3O2/c20-19(21,22)26-16-5-2-13(3-6-16)14-4-7-17-15(10-14)11-25(27-17)12-18-23-8-1-9-24-18/h1-10H,11-12H2. The number of rotatable bonds is 4. The number of nitrogens with zero attached hydrogens (tertiary/aromatic N) is 3. The molecule has 0 spiro atoms. The van der Waals surface area contributed by atoms with Crippen LogP contribution in [0.15, 0.2) is 60.9 Å². The van der Waals surface area contributed by atoms with Crippen molar-refractivity contribution in [3.8, 4) is 22.6 Å². The van der Waals surface area contributed by atoms with Crippen LogP contribution in [0.4, 0.5) is 13.2 Å². The maximum atomic E-state index is 12.3. The van der Waals surface area contributed by atoms with E-state index in [1.807, 2.05) is 18.2 Å². The molecule has 1 aromatic heterocycles. The van der Waals surface area contributed by atoms with Gasteiger partial charge in [-0.1, -0.05) is 18.2 Å². The molecule has 1 aliphatic heterocycles. The van der Waals surface area contributed by atoms with Gasteiger partial charge in [-0.25, -0.2) is 9.97 Å². The smallest absolute Gasteiger partial charge is 0.406 e. The zero-order chi connectivity index (χ0) is 18.9. The highest BCUT2D eigenvalue weighted by Gasteiger charge is 2.31. The van der Waals surface area contributed by atoms with Crippen molar-refractivity contribution in [3.63, 3.8) is 0 Å². The number of ether oxygens (including phenoxy) is 1. The van der Waals surface area contributed by atoms with E-state index in [-0.39, 0.29) is 5.75 Å². The summed E-state index contributed by atoms with van der Waals surface area (Å²) in [5.41, 5.74) is 2.66. The van der Waals surface area contributed by atoms with Crippen molar-refractivity contribution >= 4 is 0 Å². The van der Waals surface area contributed by atoms with Gasteiger partial charge in [-0.05, 0) is 41.5 Å². The third-order valence-corrected chi connectivity index (χ3v) is 3.99. The SMILES string of the molecule is FC(F)(F)Oc1ccc(-c2ccc3c(c2)CN(Cc2ncccn2)O3)cc1. The predicted octanol–water partition coefficient (Wildman–Crippen LogP) is 4.35. The number of hydroxylamine groups is 2. The van der Waals surface area contributed by atoms with Gasteiger partial charge in [-0.15, -0.1) is 18.2 Å². The molecule has 0 radical (unpaired) electrons. The largest absolute Gasteiger partial charge is 0.573 e. The second-order valence-electron chi connectivity index (χ2n) is 5.95. The first kappa shape index (κ1) is 17.3. The second-order valence-corrected chi connectivity index (χ2v) is 5.95. The Morgan fingerprint density at radius 3 is 2.41 bits per heavy atom. The Hall–Kier alpha value is -3.13. The van der Waals surface area contributed by atoms with Gasteiger partial charge in [0.25, 0.3) is 0 Å². The summed E-state index contributed by atoms with van der Waals surface area (Å²) in [5.74, 6) is 1.15. The summed E-state index contributed by atoms with van der Waals surface area (Å²) in [5, 5.41) is 1.75. The zero-order valence-electron chi connectivity index (χ0n) is 14.0. The fourth-order valence-corrected chi connectivity index (χ4v) is 2.84. The van der Waals surface area contributed by atoms with Crippen LogP contribution in [-0.2, 0) is 13.1 Å². The van der Waals surface area contributed by atoms with Gasteiger partial charge in [0.15, 0.2) is 5.75 Å². The van der Waals surface area contributed by atoms with Crippen LogP contribution in [0.2, 0.25) is 0 Å². The summed E-state index contributed by atoms with van der Waals surface area (Å²) in [6.07, 6.45) is -1.34. The van der Waals surface area contributed by atoms with Crippen molar-refractivity contribution in [1.29, 1.82) is 0 Å². The Morgan fingerprint density at radius 1 is 1.00 bits per heavy atom. The van der Waals surface area contributed by atoms with Crippen LogP contribution in [0.3, 0.4) is 0 Å². The lowest BCUT2D eigenvalue weighted by molar-refractivity contribution is -0.274. The number of fused-ring (bicyclic) bond motifs is 1. The van der Waals surface area contributed by atoms with Gasteiger partial charge in [-0.3, -0.25) is 0 Å². The van der Waals surface area contributed by atoms with Crippen molar-refractivity contribution in [2.45, 2.75) is 19.5 Å². The summed E-state index contributed by atoms with van der Waals surface area (Å²) >= 11 is 0. The fourth-order valence-electron chi connectivity index (χ4n) is 2.84. The minimum atomic E-state index is -4.70. The number of alkyl halides is 3. The van der Waals surface area contributed by atoms with E-state index < -0.39 is 6.36 Å². The van der Waals surface area contributed by atoms with E-state index in [1.165, 1.54) is 12.1 Å². The van der Waals surface area contributed by atoms with Gasteiger partial charge in [-0.2, -0.15) is 0 Å². The van der Waals surface area contributed by atoms with Crippen molar-refractivity contribution in [2.75, 3.05) is 0 Å². The van der Waals surface area contributed by atoms with E-state index in [9.17, 15) is 13.2 Å². The number of aromatic nitrogens is 2. The van der Waals surface area contributed by atoms with Crippen LogP contribution < -0.4 is 9.57 Å². The molecule has 0 amide bonds. The van der Waals surface area contributed by atoms with Crippen LogP contribution in [0.1, 0.15) is 11.4 Å². The molecule has 0 N–H and O–H groups in total. The average molecular weight is 373 g/mol. The van der Waals surface area contributed by atoms with Crippen LogP contribution in [0.25, 0.3) is 11.1 Å². The molecule has 0 aliphatic carbocycles. The minimum Gasteiger partial charge on any atom is -0.406 e. The predicted molar refractivity (Wildman–Crippen MR) is 90.5 cm³/mol. The molecule has 4 rings (SSSR count). The summed E-state index contributed by atoms with van der Waals surface area (Å²) < 4.78 is 40.7. The summed E-state index contributed by atoms with van der Waals surface area (Å²) in [6.45, 7) is 1.02. The molecule has 0 unspecified atom stereocenters. The molecular formula is C19H14F3N3O2. The quantitative estimate of drug-likeness (QED) is 0.680. The highest BCUT2D eigenvalue weighted by Crippen LogP contribution is 2.33. The first-order valence-corrected chi connectivity index (χ1v) is 8.14. The van der Waals surface area contributed by atoms with Crippen molar-refractivity contribution < 1.29 is 22.7 Å². The first-order chi connectivity index (χ1) is 13.0. The van der Waals surface area contributed by atoms with E-state index in [1.54, 1.807) is 35.7 Å². The first-order valence-electron chi connectivity index (χ1n) is 8.14. The maximum absolute atomic E-state index is 12.3. The minimum absolute atomic E-state index is 0.246. The molecule has 0 saturated carbocycles. The van der Waals surface area contributed by atoms with E-state index in [4.69, 9.17) is 4.84 Å². The van der Waals surface area contributed by atoms with Gasteiger partial charge >= 0.3 is 6.36 Å². The Bertz CT molecular complexity index is 931.